The Morgan fingerprint density at radius 1 is 1.52 bits per heavy atom. The molecule has 110 valence electrons. The van der Waals surface area contributed by atoms with Gasteiger partial charge >= 0.3 is 0 Å². The molecule has 1 aliphatic rings. The molecule has 6 heteroatoms. The van der Waals surface area contributed by atoms with Gasteiger partial charge in [-0.05, 0) is 31.0 Å². The molecule has 1 heterocycles. The van der Waals surface area contributed by atoms with Crippen molar-refractivity contribution in [1.82, 2.24) is 15.1 Å². The minimum Gasteiger partial charge on any atom is -0.505 e. The third kappa shape index (κ3) is 2.74. The molecule has 0 saturated heterocycles. The Morgan fingerprint density at radius 2 is 2.29 bits per heavy atom. The third-order valence-electron chi connectivity index (χ3n) is 3.62. The third-order valence-corrected chi connectivity index (χ3v) is 3.62. The number of carbonyl (C=O) groups is 1. The molecule has 1 aromatic carbocycles. The van der Waals surface area contributed by atoms with E-state index in [4.69, 9.17) is 0 Å². The number of amides is 1. The second-order valence-corrected chi connectivity index (χ2v) is 5.28. The molecule has 1 amide bonds. The summed E-state index contributed by atoms with van der Waals surface area (Å²) in [7, 11) is 1.88. The summed E-state index contributed by atoms with van der Waals surface area (Å²) in [5, 5.41) is 16.2. The van der Waals surface area contributed by atoms with Gasteiger partial charge in [0, 0.05) is 18.7 Å². The van der Waals surface area contributed by atoms with Crippen LogP contribution in [-0.4, -0.2) is 20.8 Å². The number of aromatic nitrogens is 2. The average molecular weight is 289 g/mol. The second kappa shape index (κ2) is 5.20. The van der Waals surface area contributed by atoms with Gasteiger partial charge in [0.2, 0.25) is 0 Å². The summed E-state index contributed by atoms with van der Waals surface area (Å²) < 4.78 is 15.5. The van der Waals surface area contributed by atoms with Gasteiger partial charge in [-0.25, -0.2) is 4.39 Å². The minimum atomic E-state index is -0.908. The highest BCUT2D eigenvalue weighted by atomic mass is 19.1. The first kappa shape index (κ1) is 13.6. The highest BCUT2D eigenvalue weighted by molar-refractivity contribution is 5.94. The molecule has 0 radical (unpaired) electrons. The van der Waals surface area contributed by atoms with Gasteiger partial charge in [0.25, 0.3) is 5.91 Å². The quantitative estimate of drug-likeness (QED) is 0.905. The van der Waals surface area contributed by atoms with Crippen molar-refractivity contribution in [2.24, 2.45) is 7.05 Å². The van der Waals surface area contributed by atoms with Crippen LogP contribution in [0.25, 0.3) is 0 Å². The molecule has 2 N–H and O–H groups in total. The van der Waals surface area contributed by atoms with Crippen LogP contribution in [-0.2, 0) is 13.6 Å². The molecule has 3 rings (SSSR count). The Morgan fingerprint density at radius 3 is 3.00 bits per heavy atom. The van der Waals surface area contributed by atoms with Crippen LogP contribution >= 0.6 is 0 Å². The van der Waals surface area contributed by atoms with E-state index in [-0.39, 0.29) is 12.1 Å². The summed E-state index contributed by atoms with van der Waals surface area (Å²) in [6.07, 6.45) is 2.36. The molecule has 1 aromatic heterocycles. The Hall–Kier alpha value is -2.37. The van der Waals surface area contributed by atoms with Crippen molar-refractivity contribution in [2.45, 2.75) is 25.3 Å². The summed E-state index contributed by atoms with van der Waals surface area (Å²) in [4.78, 5) is 11.9. The van der Waals surface area contributed by atoms with E-state index < -0.39 is 17.5 Å². The van der Waals surface area contributed by atoms with Gasteiger partial charge in [-0.3, -0.25) is 9.48 Å². The Labute approximate surface area is 121 Å². The highest BCUT2D eigenvalue weighted by Gasteiger charge is 2.27. The Kier molecular flexibility index (Phi) is 3.37. The zero-order chi connectivity index (χ0) is 15.0. The van der Waals surface area contributed by atoms with Crippen molar-refractivity contribution in [1.29, 1.82) is 0 Å². The van der Waals surface area contributed by atoms with E-state index in [1.807, 2.05) is 17.8 Å². The van der Waals surface area contributed by atoms with Gasteiger partial charge in [-0.2, -0.15) is 5.10 Å². The summed E-state index contributed by atoms with van der Waals surface area (Å²) in [6, 6.07) is 5.93. The Balaban J connectivity index is 1.68. The van der Waals surface area contributed by atoms with Gasteiger partial charge < -0.3 is 10.4 Å². The second-order valence-electron chi connectivity index (χ2n) is 5.28. The number of benzene rings is 1. The summed E-state index contributed by atoms with van der Waals surface area (Å²) in [6.45, 7) is 0.231. The van der Waals surface area contributed by atoms with E-state index in [9.17, 15) is 14.3 Å². The van der Waals surface area contributed by atoms with E-state index in [1.165, 1.54) is 36.7 Å². The Bertz CT molecular complexity index is 692. The summed E-state index contributed by atoms with van der Waals surface area (Å²) in [5.41, 5.74) is 1.74. The number of aromatic hydroxyl groups is 1. The van der Waals surface area contributed by atoms with Crippen molar-refractivity contribution in [3.8, 4) is 5.75 Å². The fourth-order valence-electron chi connectivity index (χ4n) is 2.35. The lowest BCUT2D eigenvalue weighted by Gasteiger charge is -2.05. The van der Waals surface area contributed by atoms with E-state index in [2.05, 4.69) is 10.4 Å². The maximum atomic E-state index is 13.6. The minimum absolute atomic E-state index is 0.173. The number of nitrogens with zero attached hydrogens (tertiary/aromatic N) is 2. The van der Waals surface area contributed by atoms with Gasteiger partial charge in [-0.1, -0.05) is 6.07 Å². The fraction of sp³-hybridized carbons (Fsp3) is 0.333. The van der Waals surface area contributed by atoms with Crippen LogP contribution in [0.5, 0.6) is 5.75 Å². The normalized spacial score (nSPS) is 14.2. The average Bonchev–Trinajstić information content (AvgIpc) is 3.23. The standard InChI is InChI=1S/C15H16FN3O2/c1-19-12(9-5-6-9)7-10(18-19)8-17-15(21)11-3-2-4-13(20)14(11)16/h2-4,7,9,20H,5-6,8H2,1H3,(H,17,21). The van der Waals surface area contributed by atoms with E-state index in [0.717, 1.165) is 5.69 Å². The molecule has 1 aliphatic carbocycles. The number of halogens is 1. The molecule has 0 bridgehead atoms. The number of hydrogen-bond acceptors (Lipinski definition) is 3. The highest BCUT2D eigenvalue weighted by Crippen LogP contribution is 2.39. The first-order chi connectivity index (χ1) is 10.1. The molecule has 0 unspecified atom stereocenters. The number of aryl methyl sites for hydroxylation is 1. The van der Waals surface area contributed by atoms with Crippen molar-refractivity contribution >= 4 is 5.91 Å². The van der Waals surface area contributed by atoms with Gasteiger partial charge in [0.1, 0.15) is 0 Å². The molecule has 1 saturated carbocycles. The van der Waals surface area contributed by atoms with Crippen LogP contribution in [0.3, 0.4) is 0 Å². The molecule has 5 nitrogen and oxygen atoms in total. The van der Waals surface area contributed by atoms with Gasteiger partial charge in [0.15, 0.2) is 11.6 Å². The van der Waals surface area contributed by atoms with Crippen LogP contribution in [0, 0.1) is 5.82 Å². The number of nitrogens with one attached hydrogen (secondary N) is 1. The molecule has 0 aliphatic heterocycles. The predicted octanol–water partition coefficient (Wildman–Crippen LogP) is 2.07. The zero-order valence-electron chi connectivity index (χ0n) is 11.6. The number of carbonyl (C=O) groups excluding carboxylic acids is 1. The molecular weight excluding hydrogens is 273 g/mol. The maximum absolute atomic E-state index is 13.6. The molecule has 2 aromatic rings. The smallest absolute Gasteiger partial charge is 0.254 e. The van der Waals surface area contributed by atoms with Crippen LogP contribution in [0.2, 0.25) is 0 Å². The summed E-state index contributed by atoms with van der Waals surface area (Å²) >= 11 is 0. The lowest BCUT2D eigenvalue weighted by atomic mass is 10.2. The molecule has 0 spiro atoms. The van der Waals surface area contributed by atoms with E-state index in [1.54, 1.807) is 0 Å². The molecule has 0 atom stereocenters. The molecule has 21 heavy (non-hydrogen) atoms. The van der Waals surface area contributed by atoms with Crippen LogP contribution < -0.4 is 5.32 Å². The van der Waals surface area contributed by atoms with Gasteiger partial charge in [0.05, 0.1) is 17.8 Å². The topological polar surface area (TPSA) is 67.2 Å². The summed E-state index contributed by atoms with van der Waals surface area (Å²) in [5.74, 6) is -1.43. The first-order valence-electron chi connectivity index (χ1n) is 6.84. The number of hydrogen-bond donors (Lipinski definition) is 2. The number of phenolic OH excluding ortho intramolecular Hbond substituents is 1. The van der Waals surface area contributed by atoms with Crippen LogP contribution in [0.4, 0.5) is 4.39 Å². The van der Waals surface area contributed by atoms with E-state index >= 15 is 0 Å². The fourth-order valence-corrected chi connectivity index (χ4v) is 2.35. The SMILES string of the molecule is Cn1nc(CNC(=O)c2cccc(O)c2F)cc1C1CC1. The van der Waals surface area contributed by atoms with Gasteiger partial charge in [-0.15, -0.1) is 0 Å². The van der Waals surface area contributed by atoms with E-state index in [0.29, 0.717) is 5.92 Å². The number of rotatable bonds is 4. The maximum Gasteiger partial charge on any atom is 0.254 e. The first-order valence-corrected chi connectivity index (χ1v) is 6.84. The van der Waals surface area contributed by atoms with Crippen LogP contribution in [0.1, 0.15) is 40.5 Å². The van der Waals surface area contributed by atoms with Crippen molar-refractivity contribution < 1.29 is 14.3 Å². The molecule has 1 fully saturated rings. The van der Waals surface area contributed by atoms with Crippen molar-refractivity contribution in [2.75, 3.05) is 0 Å². The number of phenols is 1. The largest absolute Gasteiger partial charge is 0.505 e. The van der Waals surface area contributed by atoms with Crippen LogP contribution in [0.15, 0.2) is 24.3 Å². The van der Waals surface area contributed by atoms with Crippen molar-refractivity contribution in [3.63, 3.8) is 0 Å². The predicted molar refractivity (Wildman–Crippen MR) is 74.4 cm³/mol. The lowest BCUT2D eigenvalue weighted by Crippen LogP contribution is -2.24. The monoisotopic (exact) mass is 289 g/mol. The lowest BCUT2D eigenvalue weighted by molar-refractivity contribution is 0.0945. The molecular formula is C15H16FN3O2. The zero-order valence-corrected chi connectivity index (χ0v) is 11.6. The van der Waals surface area contributed by atoms with Crippen molar-refractivity contribution in [3.05, 3.63) is 47.0 Å².